The Hall–Kier alpha value is -2.87. The summed E-state index contributed by atoms with van der Waals surface area (Å²) in [6.07, 6.45) is -3.31. The van der Waals surface area contributed by atoms with Crippen molar-refractivity contribution < 1.29 is 40.7 Å². The summed E-state index contributed by atoms with van der Waals surface area (Å²) in [6.45, 7) is 0.607. The van der Waals surface area contributed by atoms with Crippen LogP contribution in [0.25, 0.3) is 0 Å². The van der Waals surface area contributed by atoms with Crippen LogP contribution in [0.3, 0.4) is 0 Å². The summed E-state index contributed by atoms with van der Waals surface area (Å²) in [5.74, 6) is -2.17. The van der Waals surface area contributed by atoms with E-state index >= 15 is 0 Å². The topological polar surface area (TPSA) is 125 Å². The average molecular weight is 492 g/mol. The van der Waals surface area contributed by atoms with Gasteiger partial charge in [-0.15, -0.1) is 13.2 Å². The van der Waals surface area contributed by atoms with Crippen LogP contribution in [0, 0.1) is 0 Å². The molecule has 1 heterocycles. The quantitative estimate of drug-likeness (QED) is 0.524. The van der Waals surface area contributed by atoms with E-state index in [4.69, 9.17) is 0 Å². The van der Waals surface area contributed by atoms with Gasteiger partial charge < -0.3 is 19.9 Å². The van der Waals surface area contributed by atoms with E-state index in [1.165, 1.54) is 9.80 Å². The molecule has 3 rings (SSSR count). The van der Waals surface area contributed by atoms with Crippen LogP contribution >= 0.6 is 0 Å². The van der Waals surface area contributed by atoms with Crippen LogP contribution in [0.15, 0.2) is 29.2 Å². The highest BCUT2D eigenvalue weighted by Gasteiger charge is 2.32. The van der Waals surface area contributed by atoms with Crippen molar-refractivity contribution in [2.45, 2.75) is 36.6 Å². The fourth-order valence-electron chi connectivity index (χ4n) is 3.13. The maximum atomic E-state index is 12.3. The minimum Gasteiger partial charge on any atom is -0.406 e. The molecular formula is C19H23F3N4O6S. The molecule has 1 aromatic rings. The fourth-order valence-corrected chi connectivity index (χ4v) is 4.16. The third kappa shape index (κ3) is 7.32. The van der Waals surface area contributed by atoms with E-state index in [0.29, 0.717) is 0 Å². The van der Waals surface area contributed by atoms with Gasteiger partial charge in [0.1, 0.15) is 5.75 Å². The summed E-state index contributed by atoms with van der Waals surface area (Å²) in [7, 11) is -4.04. The highest BCUT2D eigenvalue weighted by molar-refractivity contribution is 7.89. The minimum atomic E-state index is -4.89. The van der Waals surface area contributed by atoms with Crippen LogP contribution in [0.5, 0.6) is 5.75 Å². The largest absolute Gasteiger partial charge is 0.573 e. The van der Waals surface area contributed by atoms with Gasteiger partial charge in [-0.2, -0.15) is 0 Å². The molecule has 0 unspecified atom stereocenters. The Morgan fingerprint density at radius 3 is 2.12 bits per heavy atom. The molecule has 0 bridgehead atoms. The maximum absolute atomic E-state index is 12.3. The zero-order chi connectivity index (χ0) is 24.2. The van der Waals surface area contributed by atoms with E-state index in [1.807, 2.05) is 0 Å². The Morgan fingerprint density at radius 1 is 1.00 bits per heavy atom. The van der Waals surface area contributed by atoms with Crippen molar-refractivity contribution in [3.05, 3.63) is 24.3 Å². The lowest BCUT2D eigenvalue weighted by Crippen LogP contribution is -2.54. The second kappa shape index (κ2) is 9.95. The molecule has 1 aromatic carbocycles. The third-order valence-corrected chi connectivity index (χ3v) is 6.50. The Morgan fingerprint density at radius 2 is 1.58 bits per heavy atom. The molecule has 14 heteroatoms. The Balaban J connectivity index is 1.41. The number of rotatable bonds is 7. The van der Waals surface area contributed by atoms with Gasteiger partial charge in [0.2, 0.25) is 15.9 Å². The van der Waals surface area contributed by atoms with E-state index in [1.54, 1.807) is 0 Å². The molecule has 1 saturated carbocycles. The van der Waals surface area contributed by atoms with E-state index < -0.39 is 33.9 Å². The van der Waals surface area contributed by atoms with Gasteiger partial charge in [0, 0.05) is 45.2 Å². The lowest BCUT2D eigenvalue weighted by atomic mass is 10.2. The molecular weight excluding hydrogens is 469 g/mol. The highest BCUT2D eigenvalue weighted by Crippen LogP contribution is 2.24. The molecule has 1 aliphatic carbocycles. The molecule has 10 nitrogen and oxygen atoms in total. The number of benzene rings is 1. The van der Waals surface area contributed by atoms with Crippen molar-refractivity contribution in [2.24, 2.45) is 0 Å². The van der Waals surface area contributed by atoms with Gasteiger partial charge in [-0.25, -0.2) is 13.1 Å². The number of hydrogen-bond donors (Lipinski definition) is 2. The Kier molecular flexibility index (Phi) is 7.47. The Bertz CT molecular complexity index is 988. The smallest absolute Gasteiger partial charge is 0.406 e. The summed E-state index contributed by atoms with van der Waals surface area (Å²) in [6, 6.07) is 3.73. The molecule has 2 aliphatic rings. The molecule has 2 fully saturated rings. The zero-order valence-electron chi connectivity index (χ0n) is 17.4. The predicted molar refractivity (Wildman–Crippen MR) is 107 cm³/mol. The number of hydrogen-bond acceptors (Lipinski definition) is 6. The number of alkyl halides is 3. The number of piperazine rings is 1. The van der Waals surface area contributed by atoms with Gasteiger partial charge in [-0.1, -0.05) is 0 Å². The van der Waals surface area contributed by atoms with E-state index in [0.717, 1.165) is 37.1 Å². The number of amides is 3. The van der Waals surface area contributed by atoms with E-state index in [-0.39, 0.29) is 56.0 Å². The molecule has 0 spiro atoms. The fraction of sp³-hybridized carbons (Fsp3) is 0.526. The first kappa shape index (κ1) is 24.8. The van der Waals surface area contributed by atoms with Crippen LogP contribution in [0.1, 0.15) is 19.3 Å². The molecule has 1 saturated heterocycles. The summed E-state index contributed by atoms with van der Waals surface area (Å²) in [5, 5.41) is 2.62. The van der Waals surface area contributed by atoms with Crippen molar-refractivity contribution in [1.29, 1.82) is 0 Å². The van der Waals surface area contributed by atoms with Crippen LogP contribution < -0.4 is 14.8 Å². The minimum absolute atomic E-state index is 0.0688. The molecule has 1 aliphatic heterocycles. The number of sulfonamides is 1. The summed E-state index contributed by atoms with van der Waals surface area (Å²) < 4.78 is 67.0. The number of ether oxygens (including phenoxy) is 1. The zero-order valence-corrected chi connectivity index (χ0v) is 18.2. The number of nitrogens with one attached hydrogen (secondary N) is 2. The van der Waals surface area contributed by atoms with Crippen LogP contribution in [-0.4, -0.2) is 81.1 Å². The molecule has 0 radical (unpaired) electrons. The second-order valence-electron chi connectivity index (χ2n) is 7.59. The second-order valence-corrected chi connectivity index (χ2v) is 9.35. The van der Waals surface area contributed by atoms with Crippen molar-refractivity contribution in [1.82, 2.24) is 19.8 Å². The van der Waals surface area contributed by atoms with Crippen molar-refractivity contribution in [3.63, 3.8) is 0 Å². The highest BCUT2D eigenvalue weighted by atomic mass is 32.2. The van der Waals surface area contributed by atoms with Gasteiger partial charge in [0.25, 0.3) is 0 Å². The number of nitrogens with zero attached hydrogens (tertiary/aromatic N) is 2. The average Bonchev–Trinajstić information content (AvgIpc) is 3.56. The predicted octanol–water partition coefficient (Wildman–Crippen LogP) is 0.203. The molecule has 2 N–H and O–H groups in total. The summed E-state index contributed by atoms with van der Waals surface area (Å²) >= 11 is 0. The van der Waals surface area contributed by atoms with E-state index in [9.17, 15) is 36.0 Å². The third-order valence-electron chi connectivity index (χ3n) is 5.02. The molecule has 33 heavy (non-hydrogen) atoms. The van der Waals surface area contributed by atoms with Gasteiger partial charge in [0.15, 0.2) is 0 Å². The Labute approximate surface area is 188 Å². The van der Waals surface area contributed by atoms with Crippen molar-refractivity contribution in [3.8, 4) is 5.75 Å². The molecule has 182 valence electrons. The van der Waals surface area contributed by atoms with Gasteiger partial charge in [0.05, 0.1) is 4.90 Å². The monoisotopic (exact) mass is 492 g/mol. The first-order chi connectivity index (χ1) is 15.4. The first-order valence-corrected chi connectivity index (χ1v) is 11.7. The molecule has 3 amide bonds. The van der Waals surface area contributed by atoms with Crippen molar-refractivity contribution >= 4 is 27.7 Å². The number of halogens is 3. The van der Waals surface area contributed by atoms with Crippen LogP contribution in [-0.2, 0) is 24.4 Å². The van der Waals surface area contributed by atoms with Crippen LogP contribution in [0.4, 0.5) is 13.2 Å². The van der Waals surface area contributed by atoms with E-state index in [2.05, 4.69) is 14.8 Å². The lowest BCUT2D eigenvalue weighted by Gasteiger charge is -2.34. The van der Waals surface area contributed by atoms with Gasteiger partial charge in [-0.3, -0.25) is 14.4 Å². The van der Waals surface area contributed by atoms with Crippen molar-refractivity contribution in [2.75, 3.05) is 32.7 Å². The number of carbonyl (C=O) groups excluding carboxylic acids is 3. The number of carbonyl (C=O) groups is 3. The molecule has 0 atom stereocenters. The normalized spacial score (nSPS) is 16.9. The lowest BCUT2D eigenvalue weighted by molar-refractivity contribution is -0.274. The first-order valence-electron chi connectivity index (χ1n) is 10.2. The molecule has 0 aromatic heterocycles. The SMILES string of the molecule is O=C(NC1CC1)C(=O)N1CCN(C(=O)CCNS(=O)(=O)c2ccc(OC(F)(F)F)cc2)CC1. The summed E-state index contributed by atoms with van der Waals surface area (Å²) in [4.78, 5) is 38.9. The van der Waals surface area contributed by atoms with Crippen LogP contribution in [0.2, 0.25) is 0 Å². The van der Waals surface area contributed by atoms with Gasteiger partial charge in [-0.05, 0) is 37.1 Å². The summed E-state index contributed by atoms with van der Waals surface area (Å²) in [5.41, 5.74) is 0. The maximum Gasteiger partial charge on any atom is 0.573 e. The standard InChI is InChI=1S/C19H23F3N4O6S/c20-19(21,22)32-14-3-5-15(6-4-14)33(30,31)23-8-7-16(27)25-9-11-26(12-10-25)18(29)17(28)24-13-1-2-13/h3-6,13,23H,1-2,7-12H2,(H,24,28). The van der Waals surface area contributed by atoms with Gasteiger partial charge >= 0.3 is 18.2 Å².